The molecule has 4 N–H and O–H groups in total. The van der Waals surface area contributed by atoms with Crippen LogP contribution in [0, 0.1) is 5.82 Å². The van der Waals surface area contributed by atoms with E-state index < -0.39 is 24.5 Å². The van der Waals surface area contributed by atoms with Gasteiger partial charge in [-0.2, -0.15) is 13.2 Å². The maximum absolute atomic E-state index is 13.1. The molecule has 0 radical (unpaired) electrons. The number of nitrogens with zero attached hydrogens (tertiary/aromatic N) is 1. The zero-order chi connectivity index (χ0) is 15.3. The van der Waals surface area contributed by atoms with E-state index in [-0.39, 0.29) is 17.9 Å². The Morgan fingerprint density at radius 2 is 2.10 bits per heavy atom. The van der Waals surface area contributed by atoms with Crippen LogP contribution in [0.15, 0.2) is 23.4 Å². The molecular formula is C12H15F4N3O. The van der Waals surface area contributed by atoms with E-state index >= 15 is 0 Å². The van der Waals surface area contributed by atoms with Gasteiger partial charge in [-0.05, 0) is 24.6 Å². The number of hydrogen-bond acceptors (Lipinski definition) is 3. The second-order valence-electron chi connectivity index (χ2n) is 4.39. The fourth-order valence-corrected chi connectivity index (χ4v) is 1.70. The van der Waals surface area contributed by atoms with Gasteiger partial charge in [0.25, 0.3) is 0 Å². The predicted octanol–water partition coefficient (Wildman–Crippen LogP) is 2.35. The lowest BCUT2D eigenvalue weighted by Crippen LogP contribution is -2.31. The van der Waals surface area contributed by atoms with Gasteiger partial charge in [-0.1, -0.05) is 11.2 Å². The van der Waals surface area contributed by atoms with Crippen LogP contribution in [0.4, 0.5) is 17.6 Å². The SMILES string of the molecule is CC(CC(F)(F)F)NCc1ccc(F)cc1/C(N)=N/O. The van der Waals surface area contributed by atoms with Crippen molar-refractivity contribution in [2.45, 2.75) is 32.1 Å². The van der Waals surface area contributed by atoms with Crippen LogP contribution in [0.2, 0.25) is 0 Å². The molecule has 0 aromatic heterocycles. The van der Waals surface area contributed by atoms with Crippen molar-refractivity contribution in [2.24, 2.45) is 10.9 Å². The van der Waals surface area contributed by atoms with Gasteiger partial charge in [0.05, 0.1) is 6.42 Å². The molecule has 0 saturated carbocycles. The third-order valence-corrected chi connectivity index (χ3v) is 2.63. The van der Waals surface area contributed by atoms with E-state index in [9.17, 15) is 17.6 Å². The van der Waals surface area contributed by atoms with Crippen LogP contribution in [-0.4, -0.2) is 23.3 Å². The summed E-state index contributed by atoms with van der Waals surface area (Å²) in [6, 6.07) is 2.77. The third-order valence-electron chi connectivity index (χ3n) is 2.63. The lowest BCUT2D eigenvalue weighted by Gasteiger charge is -2.17. The largest absolute Gasteiger partial charge is 0.409 e. The van der Waals surface area contributed by atoms with Gasteiger partial charge in [-0.25, -0.2) is 4.39 Å². The van der Waals surface area contributed by atoms with E-state index in [0.717, 1.165) is 12.1 Å². The molecule has 0 spiro atoms. The van der Waals surface area contributed by atoms with E-state index in [4.69, 9.17) is 10.9 Å². The predicted molar refractivity (Wildman–Crippen MR) is 65.9 cm³/mol. The Bertz CT molecular complexity index is 488. The van der Waals surface area contributed by atoms with Crippen LogP contribution in [-0.2, 0) is 6.54 Å². The molecule has 0 aliphatic carbocycles. The first-order valence-corrected chi connectivity index (χ1v) is 5.79. The molecule has 0 bridgehead atoms. The molecule has 1 aromatic rings. The highest BCUT2D eigenvalue weighted by atomic mass is 19.4. The zero-order valence-electron chi connectivity index (χ0n) is 10.7. The first-order valence-electron chi connectivity index (χ1n) is 5.79. The Kier molecular flexibility index (Phi) is 5.32. The van der Waals surface area contributed by atoms with E-state index in [0.29, 0.717) is 5.56 Å². The van der Waals surface area contributed by atoms with Gasteiger partial charge < -0.3 is 16.3 Å². The summed E-state index contributed by atoms with van der Waals surface area (Å²) < 4.78 is 49.7. The van der Waals surface area contributed by atoms with Crippen LogP contribution in [0.5, 0.6) is 0 Å². The molecule has 0 heterocycles. The maximum Gasteiger partial charge on any atom is 0.390 e. The van der Waals surface area contributed by atoms with Gasteiger partial charge in [0.1, 0.15) is 5.82 Å². The number of nitrogens with two attached hydrogens (primary N) is 1. The summed E-state index contributed by atoms with van der Waals surface area (Å²) in [6.07, 6.45) is -5.24. The molecule has 20 heavy (non-hydrogen) atoms. The Labute approximate surface area is 113 Å². The Balaban J connectivity index is 2.78. The molecule has 1 unspecified atom stereocenters. The Hall–Kier alpha value is -1.83. The standard InChI is InChI=1S/C12H15F4N3O/c1-7(5-12(14,15)16)18-6-8-2-3-9(13)4-10(8)11(17)19-20/h2-4,7,18,20H,5-6H2,1H3,(H2,17,19). The highest BCUT2D eigenvalue weighted by molar-refractivity contribution is 5.98. The minimum atomic E-state index is -4.26. The van der Waals surface area contributed by atoms with Gasteiger partial charge in [0.2, 0.25) is 0 Å². The monoisotopic (exact) mass is 293 g/mol. The second-order valence-corrected chi connectivity index (χ2v) is 4.39. The molecule has 1 atom stereocenters. The van der Waals surface area contributed by atoms with Crippen molar-refractivity contribution in [3.63, 3.8) is 0 Å². The van der Waals surface area contributed by atoms with Crippen LogP contribution in [0.1, 0.15) is 24.5 Å². The number of hydrogen-bond donors (Lipinski definition) is 3. The molecule has 0 amide bonds. The minimum Gasteiger partial charge on any atom is -0.409 e. The fourth-order valence-electron chi connectivity index (χ4n) is 1.70. The number of benzene rings is 1. The van der Waals surface area contributed by atoms with E-state index in [1.807, 2.05) is 0 Å². The molecule has 0 aliphatic heterocycles. The molecule has 1 aromatic carbocycles. The molecule has 112 valence electrons. The van der Waals surface area contributed by atoms with E-state index in [2.05, 4.69) is 10.5 Å². The Morgan fingerprint density at radius 1 is 1.45 bits per heavy atom. The van der Waals surface area contributed by atoms with Gasteiger partial charge in [0, 0.05) is 18.2 Å². The number of amidine groups is 1. The van der Waals surface area contributed by atoms with Crippen LogP contribution < -0.4 is 11.1 Å². The minimum absolute atomic E-state index is 0.0447. The smallest absolute Gasteiger partial charge is 0.390 e. The highest BCUT2D eigenvalue weighted by Crippen LogP contribution is 2.21. The average molecular weight is 293 g/mol. The van der Waals surface area contributed by atoms with Crippen LogP contribution >= 0.6 is 0 Å². The number of rotatable bonds is 5. The quantitative estimate of drug-likeness (QED) is 0.256. The number of nitrogens with one attached hydrogen (secondary N) is 1. The first kappa shape index (κ1) is 16.2. The van der Waals surface area contributed by atoms with E-state index in [1.54, 1.807) is 0 Å². The van der Waals surface area contributed by atoms with Gasteiger partial charge in [-0.15, -0.1) is 0 Å². The molecule has 0 saturated heterocycles. The highest BCUT2D eigenvalue weighted by Gasteiger charge is 2.29. The molecule has 1 rings (SSSR count). The molecule has 0 aliphatic rings. The molecule has 4 nitrogen and oxygen atoms in total. The number of alkyl halides is 3. The first-order chi connectivity index (χ1) is 9.23. The van der Waals surface area contributed by atoms with Crippen molar-refractivity contribution in [1.29, 1.82) is 0 Å². The van der Waals surface area contributed by atoms with Crippen molar-refractivity contribution in [3.05, 3.63) is 35.1 Å². The lowest BCUT2D eigenvalue weighted by atomic mass is 10.1. The van der Waals surface area contributed by atoms with Crippen molar-refractivity contribution in [3.8, 4) is 0 Å². The molecule has 0 fully saturated rings. The van der Waals surface area contributed by atoms with Crippen LogP contribution in [0.25, 0.3) is 0 Å². The normalized spacial score (nSPS) is 14.3. The maximum atomic E-state index is 13.1. The van der Waals surface area contributed by atoms with Crippen molar-refractivity contribution < 1.29 is 22.8 Å². The van der Waals surface area contributed by atoms with Crippen molar-refractivity contribution in [2.75, 3.05) is 0 Å². The zero-order valence-corrected chi connectivity index (χ0v) is 10.7. The van der Waals surface area contributed by atoms with Gasteiger partial charge in [0.15, 0.2) is 5.84 Å². The van der Waals surface area contributed by atoms with E-state index in [1.165, 1.54) is 13.0 Å². The van der Waals surface area contributed by atoms with Gasteiger partial charge >= 0.3 is 6.18 Å². The summed E-state index contributed by atoms with van der Waals surface area (Å²) in [5, 5.41) is 14.0. The molecular weight excluding hydrogens is 278 g/mol. The summed E-state index contributed by atoms with van der Waals surface area (Å²) in [5.74, 6) is -0.886. The fraction of sp³-hybridized carbons (Fsp3) is 0.417. The third kappa shape index (κ3) is 5.04. The summed E-state index contributed by atoms with van der Waals surface area (Å²) in [7, 11) is 0. The lowest BCUT2D eigenvalue weighted by molar-refractivity contribution is -0.139. The summed E-state index contributed by atoms with van der Waals surface area (Å²) >= 11 is 0. The summed E-state index contributed by atoms with van der Waals surface area (Å²) in [4.78, 5) is 0. The summed E-state index contributed by atoms with van der Waals surface area (Å²) in [5.41, 5.74) is 5.98. The van der Waals surface area contributed by atoms with Crippen molar-refractivity contribution >= 4 is 5.84 Å². The number of oxime groups is 1. The van der Waals surface area contributed by atoms with Crippen molar-refractivity contribution in [1.82, 2.24) is 5.32 Å². The van der Waals surface area contributed by atoms with Crippen LogP contribution in [0.3, 0.4) is 0 Å². The average Bonchev–Trinajstić information content (AvgIpc) is 2.34. The number of halogens is 4. The Morgan fingerprint density at radius 3 is 2.65 bits per heavy atom. The molecule has 8 heteroatoms. The van der Waals surface area contributed by atoms with Gasteiger partial charge in [-0.3, -0.25) is 0 Å². The topological polar surface area (TPSA) is 70.6 Å². The summed E-state index contributed by atoms with van der Waals surface area (Å²) in [6.45, 7) is 1.43. The second kappa shape index (κ2) is 6.56.